The number of fused-ring (bicyclic) bond motifs is 1. The number of nitrogens with zero attached hydrogens (tertiary/aromatic N) is 1. The summed E-state index contributed by atoms with van der Waals surface area (Å²) in [5.74, 6) is -2.74. The van der Waals surface area contributed by atoms with Crippen LogP contribution < -0.4 is 0 Å². The fourth-order valence-corrected chi connectivity index (χ4v) is 5.23. The highest BCUT2D eigenvalue weighted by Crippen LogP contribution is 2.59. The van der Waals surface area contributed by atoms with Gasteiger partial charge in [0.1, 0.15) is 12.2 Å². The first-order chi connectivity index (χ1) is 14.0. The number of hydrogen-bond donors (Lipinski definition) is 0. The molecule has 29 heavy (non-hydrogen) atoms. The molecule has 4 aliphatic rings. The maximum Gasteiger partial charge on any atom is 0.320 e. The summed E-state index contributed by atoms with van der Waals surface area (Å²) in [4.78, 5) is 39.8. The predicted octanol–water partition coefficient (Wildman–Crippen LogP) is 0.354. The van der Waals surface area contributed by atoms with Crippen molar-refractivity contribution in [2.45, 2.75) is 45.2 Å². The predicted molar refractivity (Wildman–Crippen MR) is 97.4 cm³/mol. The van der Waals surface area contributed by atoms with E-state index in [9.17, 15) is 14.4 Å². The lowest BCUT2D eigenvalue weighted by atomic mass is 9.78. The van der Waals surface area contributed by atoms with Gasteiger partial charge in [0.15, 0.2) is 0 Å². The third-order valence-electron chi connectivity index (χ3n) is 6.48. The van der Waals surface area contributed by atoms with Crippen molar-refractivity contribution in [1.29, 1.82) is 0 Å². The van der Waals surface area contributed by atoms with Crippen LogP contribution in [0.1, 0.15) is 26.7 Å². The molecule has 9 nitrogen and oxygen atoms in total. The Bertz CT molecular complexity index is 648. The van der Waals surface area contributed by atoms with E-state index in [1.54, 1.807) is 0 Å². The number of hydrogen-bond acceptors (Lipinski definition) is 9. The molecule has 2 saturated heterocycles. The Morgan fingerprint density at radius 3 is 2.66 bits per heavy atom. The topological polar surface area (TPSA) is 101 Å². The minimum absolute atomic E-state index is 0.0987. The molecule has 0 radical (unpaired) electrons. The molecule has 2 heterocycles. The van der Waals surface area contributed by atoms with Crippen LogP contribution in [0.4, 0.5) is 0 Å². The smallest absolute Gasteiger partial charge is 0.320 e. The standard InChI is InChI=1S/C20H29NO8/c1-3-14(26-4-2)28-19(23)15-11-9-12-16(15)20(24)29-18(12)17(11)27-13(22)10-21-5-7-25-8-6-21/h11-12,14-18H,3-10H2,1-2H3. The van der Waals surface area contributed by atoms with Gasteiger partial charge in [-0.25, -0.2) is 0 Å². The van der Waals surface area contributed by atoms with Gasteiger partial charge in [-0.05, 0) is 13.3 Å². The SMILES string of the molecule is CCOC(CC)OC(=O)C1C2CC3C(OC(=O)C31)C2OC(=O)CN1CCOCC1. The first-order valence-corrected chi connectivity index (χ1v) is 10.6. The zero-order valence-electron chi connectivity index (χ0n) is 16.9. The Morgan fingerprint density at radius 2 is 1.97 bits per heavy atom. The molecule has 2 bridgehead atoms. The molecule has 9 heteroatoms. The molecular formula is C20H29NO8. The molecule has 0 amide bonds. The summed E-state index contributed by atoms with van der Waals surface area (Å²) in [7, 11) is 0. The lowest BCUT2D eigenvalue weighted by Crippen LogP contribution is -2.46. The lowest BCUT2D eigenvalue weighted by molar-refractivity contribution is -0.190. The van der Waals surface area contributed by atoms with Crippen LogP contribution >= 0.6 is 0 Å². The van der Waals surface area contributed by atoms with Gasteiger partial charge < -0.3 is 23.7 Å². The molecule has 7 unspecified atom stereocenters. The minimum atomic E-state index is -0.651. The number of carbonyl (C=O) groups is 3. The van der Waals surface area contributed by atoms with Crippen LogP contribution in [0.15, 0.2) is 0 Å². The Morgan fingerprint density at radius 1 is 1.21 bits per heavy atom. The van der Waals surface area contributed by atoms with Gasteiger partial charge in [0, 0.05) is 38.0 Å². The minimum Gasteiger partial charge on any atom is -0.458 e. The van der Waals surface area contributed by atoms with Crippen molar-refractivity contribution < 1.29 is 38.1 Å². The normalized spacial score (nSPS) is 36.7. The monoisotopic (exact) mass is 411 g/mol. The zero-order chi connectivity index (χ0) is 20.5. The maximum atomic E-state index is 12.9. The number of morpholine rings is 1. The summed E-state index contributed by atoms with van der Waals surface area (Å²) >= 11 is 0. The van der Waals surface area contributed by atoms with Gasteiger partial charge in [-0.1, -0.05) is 6.92 Å². The summed E-state index contributed by atoms with van der Waals surface area (Å²) < 4.78 is 27.5. The van der Waals surface area contributed by atoms with Crippen molar-refractivity contribution in [3.8, 4) is 0 Å². The Balaban J connectivity index is 1.42. The van der Waals surface area contributed by atoms with Gasteiger partial charge in [-0.2, -0.15) is 0 Å². The molecular weight excluding hydrogens is 382 g/mol. The molecule has 162 valence electrons. The van der Waals surface area contributed by atoms with Crippen molar-refractivity contribution in [2.24, 2.45) is 23.7 Å². The van der Waals surface area contributed by atoms with Crippen molar-refractivity contribution in [3.63, 3.8) is 0 Å². The summed E-state index contributed by atoms with van der Waals surface area (Å²) in [6.07, 6.45) is -0.537. The molecule has 0 aromatic rings. The molecule has 7 atom stereocenters. The number of esters is 3. The summed E-state index contributed by atoms with van der Waals surface area (Å²) in [5.41, 5.74) is 0. The third-order valence-corrected chi connectivity index (χ3v) is 6.48. The maximum absolute atomic E-state index is 12.9. The summed E-state index contributed by atoms with van der Waals surface area (Å²) in [6, 6.07) is 0. The molecule has 4 rings (SSSR count). The number of ether oxygens (including phenoxy) is 5. The second-order valence-electron chi connectivity index (χ2n) is 8.09. The molecule has 0 aromatic carbocycles. The van der Waals surface area contributed by atoms with Gasteiger partial charge in [-0.3, -0.25) is 19.3 Å². The second kappa shape index (κ2) is 8.57. The van der Waals surface area contributed by atoms with Gasteiger partial charge in [0.05, 0.1) is 31.6 Å². The van der Waals surface area contributed by atoms with E-state index in [1.165, 1.54) is 0 Å². The molecule has 4 fully saturated rings. The van der Waals surface area contributed by atoms with E-state index in [0.717, 1.165) is 0 Å². The average Bonchev–Trinajstić information content (AvgIpc) is 3.32. The van der Waals surface area contributed by atoms with Gasteiger partial charge in [-0.15, -0.1) is 0 Å². The van der Waals surface area contributed by atoms with Crippen LogP contribution in [0.3, 0.4) is 0 Å². The van der Waals surface area contributed by atoms with Crippen molar-refractivity contribution >= 4 is 17.9 Å². The Kier molecular flexibility index (Phi) is 6.08. The third kappa shape index (κ3) is 3.87. The van der Waals surface area contributed by atoms with Crippen molar-refractivity contribution in [3.05, 3.63) is 0 Å². The second-order valence-corrected chi connectivity index (χ2v) is 8.09. The van der Waals surface area contributed by atoms with E-state index < -0.39 is 36.3 Å². The van der Waals surface area contributed by atoms with Crippen LogP contribution in [0, 0.1) is 23.7 Å². The Labute approximate surface area is 169 Å². The summed E-state index contributed by atoms with van der Waals surface area (Å²) in [6.45, 7) is 6.83. The Hall–Kier alpha value is -1.71. The van der Waals surface area contributed by atoms with Gasteiger partial charge in [0.2, 0.25) is 6.29 Å². The van der Waals surface area contributed by atoms with Gasteiger partial charge >= 0.3 is 17.9 Å². The van der Waals surface area contributed by atoms with Crippen LogP contribution in [0.25, 0.3) is 0 Å². The average molecular weight is 411 g/mol. The van der Waals surface area contributed by atoms with E-state index in [0.29, 0.717) is 45.8 Å². The fraction of sp³-hybridized carbons (Fsp3) is 0.850. The van der Waals surface area contributed by atoms with Crippen LogP contribution in [0.2, 0.25) is 0 Å². The molecule has 2 saturated carbocycles. The van der Waals surface area contributed by atoms with Crippen LogP contribution in [-0.4, -0.2) is 80.8 Å². The summed E-state index contributed by atoms with van der Waals surface area (Å²) in [5, 5.41) is 0. The molecule has 0 spiro atoms. The molecule has 2 aliphatic carbocycles. The van der Waals surface area contributed by atoms with E-state index >= 15 is 0 Å². The quantitative estimate of drug-likeness (QED) is 0.318. The molecule has 0 N–H and O–H groups in total. The van der Waals surface area contributed by atoms with Crippen molar-refractivity contribution in [1.82, 2.24) is 4.90 Å². The highest BCUT2D eigenvalue weighted by atomic mass is 16.7. The van der Waals surface area contributed by atoms with Crippen molar-refractivity contribution in [2.75, 3.05) is 39.5 Å². The van der Waals surface area contributed by atoms with E-state index in [-0.39, 0.29) is 30.3 Å². The van der Waals surface area contributed by atoms with Crippen LogP contribution in [-0.2, 0) is 38.1 Å². The fourth-order valence-electron chi connectivity index (χ4n) is 5.23. The molecule has 0 aromatic heterocycles. The molecule has 2 aliphatic heterocycles. The zero-order valence-corrected chi connectivity index (χ0v) is 16.9. The first kappa shape index (κ1) is 20.6. The van der Waals surface area contributed by atoms with E-state index in [1.807, 2.05) is 18.7 Å². The highest BCUT2D eigenvalue weighted by molar-refractivity contribution is 5.86. The number of carbonyl (C=O) groups excluding carboxylic acids is 3. The van der Waals surface area contributed by atoms with E-state index in [4.69, 9.17) is 23.7 Å². The highest BCUT2D eigenvalue weighted by Gasteiger charge is 2.70. The lowest BCUT2D eigenvalue weighted by Gasteiger charge is -2.32. The van der Waals surface area contributed by atoms with Gasteiger partial charge in [0.25, 0.3) is 0 Å². The number of rotatable bonds is 8. The van der Waals surface area contributed by atoms with E-state index in [2.05, 4.69) is 0 Å². The van der Waals surface area contributed by atoms with Crippen LogP contribution in [0.5, 0.6) is 0 Å². The first-order valence-electron chi connectivity index (χ1n) is 10.6. The largest absolute Gasteiger partial charge is 0.458 e.